The van der Waals surface area contributed by atoms with Crippen LogP contribution in [0.4, 0.5) is 11.4 Å². The highest BCUT2D eigenvalue weighted by atomic mass is 16.5. The molecule has 0 spiro atoms. The molecule has 0 unspecified atom stereocenters. The number of ether oxygens (including phenoxy) is 1. The van der Waals surface area contributed by atoms with Gasteiger partial charge in [-0.2, -0.15) is 0 Å². The van der Waals surface area contributed by atoms with Crippen molar-refractivity contribution in [3.8, 4) is 5.75 Å². The normalized spacial score (nSPS) is 16.3. The van der Waals surface area contributed by atoms with E-state index in [9.17, 15) is 0 Å². The van der Waals surface area contributed by atoms with Crippen molar-refractivity contribution in [3.63, 3.8) is 0 Å². The van der Waals surface area contributed by atoms with Gasteiger partial charge in [-0.25, -0.2) is 0 Å². The molecule has 4 nitrogen and oxygen atoms in total. The van der Waals surface area contributed by atoms with Crippen molar-refractivity contribution in [1.29, 1.82) is 0 Å². The Balaban J connectivity index is 2.18. The van der Waals surface area contributed by atoms with Crippen LogP contribution >= 0.6 is 0 Å². The first kappa shape index (κ1) is 12.0. The molecule has 4 heteroatoms. The maximum absolute atomic E-state index is 5.92. The Morgan fingerprint density at radius 2 is 1.94 bits per heavy atom. The summed E-state index contributed by atoms with van der Waals surface area (Å²) in [5.74, 6) is 0.855. The van der Waals surface area contributed by atoms with Gasteiger partial charge in [-0.05, 0) is 19.9 Å². The van der Waals surface area contributed by atoms with Crippen molar-refractivity contribution in [1.82, 2.24) is 5.32 Å². The molecule has 1 aliphatic rings. The molecule has 0 radical (unpaired) electrons. The van der Waals surface area contributed by atoms with E-state index in [1.54, 1.807) is 0 Å². The second-order valence-electron chi connectivity index (χ2n) is 4.66. The SMILES string of the molecule is CC(C)Oc1cc(N)cc(N2CCNCC2)c1. The van der Waals surface area contributed by atoms with Crippen molar-refractivity contribution in [2.24, 2.45) is 0 Å². The molecule has 17 heavy (non-hydrogen) atoms. The van der Waals surface area contributed by atoms with E-state index in [4.69, 9.17) is 10.5 Å². The monoisotopic (exact) mass is 235 g/mol. The summed E-state index contributed by atoms with van der Waals surface area (Å²) >= 11 is 0. The molecule has 0 aliphatic carbocycles. The van der Waals surface area contributed by atoms with E-state index in [-0.39, 0.29) is 6.10 Å². The first-order valence-electron chi connectivity index (χ1n) is 6.18. The molecular formula is C13H21N3O. The zero-order valence-corrected chi connectivity index (χ0v) is 10.6. The van der Waals surface area contributed by atoms with Crippen molar-refractivity contribution in [2.45, 2.75) is 20.0 Å². The van der Waals surface area contributed by atoms with Gasteiger partial charge in [-0.3, -0.25) is 0 Å². The number of hydrogen-bond acceptors (Lipinski definition) is 4. The number of nitrogen functional groups attached to an aromatic ring is 1. The lowest BCUT2D eigenvalue weighted by molar-refractivity contribution is 0.242. The van der Waals surface area contributed by atoms with Crippen LogP contribution in [0.25, 0.3) is 0 Å². The Labute approximate surface area is 103 Å². The number of piperazine rings is 1. The highest BCUT2D eigenvalue weighted by Gasteiger charge is 2.12. The third-order valence-corrected chi connectivity index (χ3v) is 2.77. The maximum atomic E-state index is 5.92. The van der Waals surface area contributed by atoms with Gasteiger partial charge in [0.25, 0.3) is 0 Å². The number of nitrogens with two attached hydrogens (primary N) is 1. The molecule has 1 saturated heterocycles. The molecule has 1 aromatic carbocycles. The molecule has 1 aromatic rings. The zero-order chi connectivity index (χ0) is 12.3. The Bertz CT molecular complexity index is 373. The summed E-state index contributed by atoms with van der Waals surface area (Å²) in [6.45, 7) is 8.13. The minimum Gasteiger partial charge on any atom is -0.491 e. The summed E-state index contributed by atoms with van der Waals surface area (Å²) in [5, 5.41) is 3.34. The maximum Gasteiger partial charge on any atom is 0.123 e. The van der Waals surface area contributed by atoms with Crippen LogP contribution in [0, 0.1) is 0 Å². The molecule has 0 bridgehead atoms. The summed E-state index contributed by atoms with van der Waals surface area (Å²) in [5.41, 5.74) is 7.84. The Morgan fingerprint density at radius 1 is 1.24 bits per heavy atom. The number of benzene rings is 1. The summed E-state index contributed by atoms with van der Waals surface area (Å²) in [6.07, 6.45) is 0.174. The van der Waals surface area contributed by atoms with Crippen molar-refractivity contribution < 1.29 is 4.74 Å². The fourth-order valence-electron chi connectivity index (χ4n) is 2.05. The Kier molecular flexibility index (Phi) is 3.74. The predicted octanol–water partition coefficient (Wildman–Crippen LogP) is 1.47. The number of nitrogens with zero attached hydrogens (tertiary/aromatic N) is 1. The largest absolute Gasteiger partial charge is 0.491 e. The molecule has 2 rings (SSSR count). The lowest BCUT2D eigenvalue weighted by atomic mass is 10.2. The van der Waals surface area contributed by atoms with E-state index in [1.807, 2.05) is 26.0 Å². The highest BCUT2D eigenvalue weighted by molar-refractivity contribution is 5.60. The molecule has 1 heterocycles. The average molecular weight is 235 g/mol. The van der Waals surface area contributed by atoms with Crippen molar-refractivity contribution >= 4 is 11.4 Å². The third-order valence-electron chi connectivity index (χ3n) is 2.77. The van der Waals surface area contributed by atoms with Gasteiger partial charge in [0.2, 0.25) is 0 Å². The fourth-order valence-corrected chi connectivity index (χ4v) is 2.05. The smallest absolute Gasteiger partial charge is 0.123 e. The van der Waals surface area contributed by atoms with Gasteiger partial charge in [0, 0.05) is 49.7 Å². The molecule has 94 valence electrons. The first-order chi connectivity index (χ1) is 8.15. The molecule has 0 aromatic heterocycles. The van der Waals surface area contributed by atoms with Gasteiger partial charge in [0.1, 0.15) is 5.75 Å². The van der Waals surface area contributed by atoms with Gasteiger partial charge in [-0.1, -0.05) is 0 Å². The zero-order valence-electron chi connectivity index (χ0n) is 10.6. The second-order valence-corrected chi connectivity index (χ2v) is 4.66. The number of anilines is 2. The van der Waals surface area contributed by atoms with E-state index in [0.717, 1.165) is 43.3 Å². The minimum atomic E-state index is 0.174. The predicted molar refractivity (Wildman–Crippen MR) is 71.7 cm³/mol. The van der Waals surface area contributed by atoms with E-state index >= 15 is 0 Å². The average Bonchev–Trinajstić information content (AvgIpc) is 2.28. The van der Waals surface area contributed by atoms with Gasteiger partial charge >= 0.3 is 0 Å². The number of rotatable bonds is 3. The van der Waals surface area contributed by atoms with Gasteiger partial charge in [0.15, 0.2) is 0 Å². The van der Waals surface area contributed by atoms with Crippen molar-refractivity contribution in [2.75, 3.05) is 36.8 Å². The van der Waals surface area contributed by atoms with Crippen LogP contribution in [0.5, 0.6) is 5.75 Å². The lowest BCUT2D eigenvalue weighted by Crippen LogP contribution is -2.43. The molecule has 0 atom stereocenters. The van der Waals surface area contributed by atoms with E-state index in [0.29, 0.717) is 0 Å². The van der Waals surface area contributed by atoms with Crippen LogP contribution < -0.4 is 20.7 Å². The summed E-state index contributed by atoms with van der Waals surface area (Å²) in [4.78, 5) is 2.33. The summed E-state index contributed by atoms with van der Waals surface area (Å²) in [6, 6.07) is 5.96. The first-order valence-corrected chi connectivity index (χ1v) is 6.18. The lowest BCUT2D eigenvalue weighted by Gasteiger charge is -2.30. The quantitative estimate of drug-likeness (QED) is 0.779. The van der Waals surface area contributed by atoms with Gasteiger partial charge < -0.3 is 20.7 Å². The molecule has 0 amide bonds. The minimum absolute atomic E-state index is 0.174. The Hall–Kier alpha value is -1.42. The molecule has 1 fully saturated rings. The molecular weight excluding hydrogens is 214 g/mol. The number of nitrogens with one attached hydrogen (secondary N) is 1. The third kappa shape index (κ3) is 3.27. The van der Waals surface area contributed by atoms with Crippen molar-refractivity contribution in [3.05, 3.63) is 18.2 Å². The standard InChI is InChI=1S/C13H21N3O/c1-10(2)17-13-8-11(14)7-12(9-13)16-5-3-15-4-6-16/h7-10,15H,3-6,14H2,1-2H3. The van der Waals surface area contributed by atoms with Crippen LogP contribution in [0.2, 0.25) is 0 Å². The van der Waals surface area contributed by atoms with Crippen LogP contribution in [0.3, 0.4) is 0 Å². The van der Waals surface area contributed by atoms with Crippen LogP contribution in [0.1, 0.15) is 13.8 Å². The topological polar surface area (TPSA) is 50.5 Å². The van der Waals surface area contributed by atoms with E-state index in [2.05, 4.69) is 16.3 Å². The van der Waals surface area contributed by atoms with Gasteiger partial charge in [-0.15, -0.1) is 0 Å². The highest BCUT2D eigenvalue weighted by Crippen LogP contribution is 2.26. The number of hydrogen-bond donors (Lipinski definition) is 2. The Morgan fingerprint density at radius 3 is 2.59 bits per heavy atom. The van der Waals surface area contributed by atoms with Crippen LogP contribution in [-0.4, -0.2) is 32.3 Å². The second kappa shape index (κ2) is 5.27. The molecule has 3 N–H and O–H groups in total. The van der Waals surface area contributed by atoms with E-state index in [1.165, 1.54) is 0 Å². The van der Waals surface area contributed by atoms with Crippen LogP contribution in [-0.2, 0) is 0 Å². The van der Waals surface area contributed by atoms with E-state index < -0.39 is 0 Å². The molecule has 0 saturated carbocycles. The molecule has 1 aliphatic heterocycles. The van der Waals surface area contributed by atoms with Crippen LogP contribution in [0.15, 0.2) is 18.2 Å². The summed E-state index contributed by atoms with van der Waals surface area (Å²) < 4.78 is 5.70. The fraction of sp³-hybridized carbons (Fsp3) is 0.538. The summed E-state index contributed by atoms with van der Waals surface area (Å²) in [7, 11) is 0. The van der Waals surface area contributed by atoms with Gasteiger partial charge in [0.05, 0.1) is 6.10 Å².